The van der Waals surface area contributed by atoms with Crippen molar-refractivity contribution >= 4 is 12.2 Å². The van der Waals surface area contributed by atoms with Crippen LogP contribution in [0.4, 0.5) is 0 Å². The van der Waals surface area contributed by atoms with Crippen LogP contribution in [0.5, 0.6) is 0 Å². The van der Waals surface area contributed by atoms with Crippen LogP contribution in [-0.4, -0.2) is 39.6 Å². The lowest BCUT2D eigenvalue weighted by Crippen LogP contribution is -2.41. The van der Waals surface area contributed by atoms with Crippen molar-refractivity contribution in [2.24, 2.45) is 5.92 Å². The Balaban J connectivity index is 2.04. The first-order valence-electron chi connectivity index (χ1n) is 6.21. The van der Waals surface area contributed by atoms with Gasteiger partial charge in [-0.3, -0.25) is 14.3 Å². The topological polar surface area (TPSA) is 76.5 Å². The average molecular weight is 284 g/mol. The van der Waals surface area contributed by atoms with E-state index in [9.17, 15) is 9.90 Å². The largest absolute Gasteiger partial charge is 0.393 e. The third-order valence-corrected chi connectivity index (χ3v) is 4.48. The Morgan fingerprint density at radius 2 is 2.42 bits per heavy atom. The molecule has 0 spiro atoms. The predicted molar refractivity (Wildman–Crippen MR) is 69.5 cm³/mol. The highest BCUT2D eigenvalue weighted by molar-refractivity contribution is 7.71. The third-order valence-electron chi connectivity index (χ3n) is 4.17. The number of fused-ring (bicyclic) bond motifs is 2. The fourth-order valence-corrected chi connectivity index (χ4v) is 3.06. The van der Waals surface area contributed by atoms with Gasteiger partial charge in [0.25, 0.3) is 5.56 Å². The molecule has 3 heterocycles. The highest BCUT2D eigenvalue weighted by atomic mass is 32.1. The van der Waals surface area contributed by atoms with E-state index in [0.29, 0.717) is 16.9 Å². The monoisotopic (exact) mass is 284 g/mol. The Kier molecular flexibility index (Phi) is 2.90. The van der Waals surface area contributed by atoms with E-state index in [4.69, 9.17) is 21.7 Å². The van der Waals surface area contributed by atoms with E-state index >= 15 is 0 Å². The number of aryl methyl sites for hydroxylation is 1. The van der Waals surface area contributed by atoms with Crippen molar-refractivity contribution < 1.29 is 14.6 Å². The van der Waals surface area contributed by atoms with Gasteiger partial charge in [0.05, 0.1) is 13.2 Å². The van der Waals surface area contributed by atoms with Gasteiger partial charge in [-0.2, -0.15) is 0 Å². The molecular formula is C12H16N2O4S. The first-order valence-corrected chi connectivity index (χ1v) is 6.62. The molecule has 0 aliphatic carbocycles. The van der Waals surface area contributed by atoms with Gasteiger partial charge in [-0.05, 0) is 19.1 Å². The summed E-state index contributed by atoms with van der Waals surface area (Å²) >= 11 is 5.17. The number of aliphatic hydroxyl groups is 1. The molecule has 3 rings (SSSR count). The van der Waals surface area contributed by atoms with E-state index < -0.39 is 11.8 Å². The maximum Gasteiger partial charge on any atom is 0.254 e. The fraction of sp³-hybridized carbons (Fsp3) is 0.667. The molecule has 1 aromatic heterocycles. The van der Waals surface area contributed by atoms with E-state index in [1.807, 2.05) is 6.92 Å². The van der Waals surface area contributed by atoms with Crippen LogP contribution in [0.25, 0.3) is 0 Å². The smallest absolute Gasteiger partial charge is 0.254 e. The van der Waals surface area contributed by atoms with Gasteiger partial charge in [0.15, 0.2) is 11.0 Å². The molecule has 1 aromatic rings. The van der Waals surface area contributed by atoms with Gasteiger partial charge in [0.1, 0.15) is 11.7 Å². The Bertz CT molecular complexity index is 625. The Morgan fingerprint density at radius 3 is 3.05 bits per heavy atom. The first-order chi connectivity index (χ1) is 8.98. The van der Waals surface area contributed by atoms with Crippen LogP contribution in [0.3, 0.4) is 0 Å². The number of H-pyrrole nitrogens is 1. The molecule has 2 N–H and O–H groups in total. The number of aromatic amines is 1. The second kappa shape index (κ2) is 4.24. The predicted octanol–water partition coefficient (Wildman–Crippen LogP) is 0.509. The van der Waals surface area contributed by atoms with Crippen molar-refractivity contribution in [3.63, 3.8) is 0 Å². The van der Waals surface area contributed by atoms with Crippen LogP contribution in [0, 0.1) is 17.6 Å². The molecule has 0 saturated carbocycles. The highest BCUT2D eigenvalue weighted by Crippen LogP contribution is 2.48. The minimum atomic E-state index is -0.659. The van der Waals surface area contributed by atoms with Gasteiger partial charge in [0, 0.05) is 17.7 Å². The van der Waals surface area contributed by atoms with E-state index in [-0.39, 0.29) is 24.2 Å². The van der Waals surface area contributed by atoms with Gasteiger partial charge < -0.3 is 14.6 Å². The molecule has 104 valence electrons. The maximum absolute atomic E-state index is 11.5. The molecule has 2 aliphatic rings. The quantitative estimate of drug-likeness (QED) is 0.774. The van der Waals surface area contributed by atoms with E-state index in [1.165, 1.54) is 0 Å². The van der Waals surface area contributed by atoms with Crippen LogP contribution in [-0.2, 0) is 9.47 Å². The molecule has 6 nitrogen and oxygen atoms in total. The summed E-state index contributed by atoms with van der Waals surface area (Å²) in [7, 11) is 0. The summed E-state index contributed by atoms with van der Waals surface area (Å²) in [5, 5.41) is 9.55. The van der Waals surface area contributed by atoms with Crippen LogP contribution >= 0.6 is 12.2 Å². The van der Waals surface area contributed by atoms with Crippen LogP contribution in [0.1, 0.15) is 18.7 Å². The molecule has 7 heteroatoms. The van der Waals surface area contributed by atoms with Crippen molar-refractivity contribution in [3.8, 4) is 0 Å². The first kappa shape index (κ1) is 13.0. The van der Waals surface area contributed by atoms with Crippen molar-refractivity contribution in [2.75, 3.05) is 13.2 Å². The number of aromatic nitrogens is 2. The molecule has 2 aliphatic heterocycles. The number of hydrogen-bond acceptors (Lipinski definition) is 5. The lowest BCUT2D eigenvalue weighted by molar-refractivity contribution is -0.185. The second-order valence-electron chi connectivity index (χ2n) is 5.27. The van der Waals surface area contributed by atoms with E-state index in [2.05, 4.69) is 4.98 Å². The average Bonchev–Trinajstić information content (AvgIpc) is 2.85. The SMILES string of the molecule is Cc1cn([C@@H]2O[C@@]3(CO)COC2[C@H]3C)c(=S)[nH]c1=O. The molecule has 2 saturated heterocycles. The zero-order valence-corrected chi connectivity index (χ0v) is 11.6. The molecule has 2 bridgehead atoms. The molecular weight excluding hydrogens is 268 g/mol. The summed E-state index contributed by atoms with van der Waals surface area (Å²) in [6.45, 7) is 4.01. The molecule has 0 radical (unpaired) electrons. The number of hydrogen-bond donors (Lipinski definition) is 2. The number of aliphatic hydroxyl groups excluding tert-OH is 1. The van der Waals surface area contributed by atoms with Crippen LogP contribution in [0.2, 0.25) is 0 Å². The molecule has 0 aromatic carbocycles. The summed E-state index contributed by atoms with van der Waals surface area (Å²) in [6.07, 6.45) is 1.11. The molecule has 1 unspecified atom stereocenters. The summed E-state index contributed by atoms with van der Waals surface area (Å²) in [4.78, 5) is 14.1. The summed E-state index contributed by atoms with van der Waals surface area (Å²) in [6, 6.07) is 0. The fourth-order valence-electron chi connectivity index (χ4n) is 2.81. The number of ether oxygens (including phenoxy) is 2. The number of nitrogens with one attached hydrogen (secondary N) is 1. The molecule has 19 heavy (non-hydrogen) atoms. The summed E-state index contributed by atoms with van der Waals surface area (Å²) < 4.78 is 13.7. The van der Waals surface area contributed by atoms with Gasteiger partial charge in [-0.25, -0.2) is 0 Å². The summed E-state index contributed by atoms with van der Waals surface area (Å²) in [5.74, 6) is 0.0802. The lowest BCUT2D eigenvalue weighted by atomic mass is 9.91. The van der Waals surface area contributed by atoms with E-state index in [1.54, 1.807) is 17.7 Å². The Hall–Kier alpha value is -1.02. The number of rotatable bonds is 2. The van der Waals surface area contributed by atoms with Gasteiger partial charge >= 0.3 is 0 Å². The molecule has 0 amide bonds. The number of nitrogens with zero attached hydrogens (tertiary/aromatic N) is 1. The molecule has 2 fully saturated rings. The van der Waals surface area contributed by atoms with Crippen molar-refractivity contribution in [2.45, 2.75) is 31.8 Å². The van der Waals surface area contributed by atoms with Gasteiger partial charge in [-0.15, -0.1) is 0 Å². The minimum absolute atomic E-state index is 0.0802. The Morgan fingerprint density at radius 1 is 1.68 bits per heavy atom. The van der Waals surface area contributed by atoms with Crippen LogP contribution < -0.4 is 5.56 Å². The Labute approximate surface area is 115 Å². The zero-order valence-electron chi connectivity index (χ0n) is 10.8. The van der Waals surface area contributed by atoms with Crippen molar-refractivity contribution in [3.05, 3.63) is 26.9 Å². The highest BCUT2D eigenvalue weighted by Gasteiger charge is 2.59. The summed E-state index contributed by atoms with van der Waals surface area (Å²) in [5.41, 5.74) is -0.297. The lowest BCUT2D eigenvalue weighted by Gasteiger charge is -2.30. The third kappa shape index (κ3) is 1.73. The zero-order chi connectivity index (χ0) is 13.8. The molecule has 4 atom stereocenters. The van der Waals surface area contributed by atoms with E-state index in [0.717, 1.165) is 0 Å². The standard InChI is InChI=1S/C12H16N2O4S/c1-6-3-14(11(19)13-9(6)16)10-8-7(2)12(4-15,18-10)5-17-8/h3,7-8,10,15H,4-5H2,1-2H3,(H,13,16,19)/t7-,8?,10-,12+/m1/s1. The van der Waals surface area contributed by atoms with Crippen molar-refractivity contribution in [1.82, 2.24) is 9.55 Å². The second-order valence-corrected chi connectivity index (χ2v) is 5.66. The maximum atomic E-state index is 11.5. The van der Waals surface area contributed by atoms with Gasteiger partial charge in [-0.1, -0.05) is 6.92 Å². The normalized spacial score (nSPS) is 36.9. The van der Waals surface area contributed by atoms with Crippen LogP contribution in [0.15, 0.2) is 11.0 Å². The van der Waals surface area contributed by atoms with Gasteiger partial charge in [0.2, 0.25) is 0 Å². The minimum Gasteiger partial charge on any atom is -0.393 e. The van der Waals surface area contributed by atoms with Crippen molar-refractivity contribution in [1.29, 1.82) is 0 Å².